The lowest BCUT2D eigenvalue weighted by atomic mass is 10.4. The Morgan fingerprint density at radius 2 is 1.58 bits per heavy atom. The van der Waals surface area contributed by atoms with Crippen molar-refractivity contribution in [2.45, 2.75) is 51.5 Å². The van der Waals surface area contributed by atoms with Gasteiger partial charge in [-0.05, 0) is 40.0 Å². The smallest absolute Gasteiger partial charge is 0.379 e. The van der Waals surface area contributed by atoms with Crippen LogP contribution in [-0.2, 0) is 32.6 Å². The average Bonchev–Trinajstić information content (AvgIpc) is 2.86. The molecule has 1 unspecified atom stereocenters. The molecule has 0 aromatic rings. The van der Waals surface area contributed by atoms with Gasteiger partial charge in [0.15, 0.2) is 15.3 Å². The van der Waals surface area contributed by atoms with Gasteiger partial charge in [0.1, 0.15) is 0 Å². The zero-order chi connectivity index (χ0) is 17.9. The van der Waals surface area contributed by atoms with E-state index in [0.717, 1.165) is 6.42 Å². The van der Waals surface area contributed by atoms with E-state index in [4.69, 9.17) is 22.8 Å². The summed E-state index contributed by atoms with van der Waals surface area (Å²) in [6, 6.07) is 0.709. The van der Waals surface area contributed by atoms with Gasteiger partial charge in [0.2, 0.25) is 0 Å². The van der Waals surface area contributed by atoms with E-state index in [2.05, 4.69) is 0 Å². The van der Waals surface area contributed by atoms with Crippen molar-refractivity contribution in [1.82, 2.24) is 0 Å². The minimum absolute atomic E-state index is 0.234. The summed E-state index contributed by atoms with van der Waals surface area (Å²) < 4.78 is 51.5. The molecular weight excluding hydrogens is 352 g/mol. The van der Waals surface area contributed by atoms with E-state index < -0.39 is 24.1 Å². The molecule has 24 heavy (non-hydrogen) atoms. The maximum Gasteiger partial charge on any atom is 0.501 e. The van der Waals surface area contributed by atoms with Crippen LogP contribution in [0.3, 0.4) is 0 Å². The van der Waals surface area contributed by atoms with Crippen LogP contribution in [0.15, 0.2) is 0 Å². The van der Waals surface area contributed by atoms with Gasteiger partial charge in [-0.25, -0.2) is 8.42 Å². The van der Waals surface area contributed by atoms with Gasteiger partial charge >= 0.3 is 8.80 Å². The van der Waals surface area contributed by atoms with Crippen LogP contribution < -0.4 is 0 Å². The van der Waals surface area contributed by atoms with E-state index in [1.807, 2.05) is 20.8 Å². The first-order chi connectivity index (χ1) is 11.5. The SMILES string of the molecule is CCO[Si](CCCOCCOC1CCCS1(=O)=O)(OCC)OCC. The number of hydrogen-bond acceptors (Lipinski definition) is 7. The monoisotopic (exact) mass is 384 g/mol. The number of rotatable bonds is 14. The Morgan fingerprint density at radius 1 is 0.958 bits per heavy atom. The topological polar surface area (TPSA) is 80.3 Å². The van der Waals surface area contributed by atoms with Gasteiger partial charge in [0.05, 0.1) is 19.0 Å². The molecule has 1 rings (SSSR count). The number of hydrogen-bond donors (Lipinski definition) is 0. The molecule has 7 nitrogen and oxygen atoms in total. The molecule has 0 N–H and O–H groups in total. The summed E-state index contributed by atoms with van der Waals surface area (Å²) >= 11 is 0. The molecule has 0 aliphatic carbocycles. The van der Waals surface area contributed by atoms with Gasteiger partial charge in [-0.15, -0.1) is 0 Å². The summed E-state index contributed by atoms with van der Waals surface area (Å²) in [4.78, 5) is 0. The van der Waals surface area contributed by atoms with Gasteiger partial charge < -0.3 is 22.8 Å². The molecule has 0 aromatic heterocycles. The van der Waals surface area contributed by atoms with Crippen LogP contribution in [0.4, 0.5) is 0 Å². The van der Waals surface area contributed by atoms with Gasteiger partial charge in [0.25, 0.3) is 0 Å². The summed E-state index contributed by atoms with van der Waals surface area (Å²) in [7, 11) is -5.64. The number of ether oxygens (including phenoxy) is 2. The average molecular weight is 385 g/mol. The minimum atomic E-state index is -3.04. The van der Waals surface area contributed by atoms with Crippen LogP contribution in [0, 0.1) is 0 Å². The highest BCUT2D eigenvalue weighted by molar-refractivity contribution is 7.92. The van der Waals surface area contributed by atoms with Crippen LogP contribution in [-0.4, -0.2) is 68.1 Å². The molecule has 0 amide bonds. The van der Waals surface area contributed by atoms with Gasteiger partial charge in [0, 0.05) is 32.5 Å². The van der Waals surface area contributed by atoms with Crippen LogP contribution in [0.1, 0.15) is 40.0 Å². The van der Waals surface area contributed by atoms with E-state index in [1.165, 1.54) is 0 Å². The van der Waals surface area contributed by atoms with E-state index in [0.29, 0.717) is 58.5 Å². The van der Waals surface area contributed by atoms with Crippen molar-refractivity contribution in [3.05, 3.63) is 0 Å². The summed E-state index contributed by atoms with van der Waals surface area (Å²) in [6.45, 7) is 8.74. The van der Waals surface area contributed by atoms with Crippen molar-refractivity contribution in [1.29, 1.82) is 0 Å². The molecule has 0 saturated carbocycles. The van der Waals surface area contributed by atoms with Crippen molar-refractivity contribution in [3.8, 4) is 0 Å². The second-order valence-corrected chi connectivity index (χ2v) is 10.5. The van der Waals surface area contributed by atoms with E-state index in [9.17, 15) is 8.42 Å². The maximum atomic E-state index is 11.6. The molecule has 1 saturated heterocycles. The number of sulfone groups is 1. The zero-order valence-corrected chi connectivity index (χ0v) is 16.9. The fourth-order valence-corrected chi connectivity index (χ4v) is 6.92. The highest BCUT2D eigenvalue weighted by Crippen LogP contribution is 2.21. The molecule has 1 aliphatic heterocycles. The molecule has 0 aromatic carbocycles. The zero-order valence-electron chi connectivity index (χ0n) is 15.1. The molecule has 144 valence electrons. The largest absolute Gasteiger partial charge is 0.501 e. The third-order valence-electron chi connectivity index (χ3n) is 3.67. The quantitative estimate of drug-likeness (QED) is 0.335. The second-order valence-electron chi connectivity index (χ2n) is 5.51. The molecule has 0 radical (unpaired) electrons. The predicted molar refractivity (Wildman–Crippen MR) is 93.6 cm³/mol. The van der Waals surface area contributed by atoms with Crippen molar-refractivity contribution < 1.29 is 31.2 Å². The Bertz CT molecular complexity index is 413. The molecule has 1 heterocycles. The van der Waals surface area contributed by atoms with E-state index in [1.54, 1.807) is 0 Å². The first kappa shape index (κ1) is 22.0. The molecule has 1 atom stereocenters. The Hall–Kier alpha value is -0.0331. The lowest BCUT2D eigenvalue weighted by Gasteiger charge is -2.28. The minimum Gasteiger partial charge on any atom is -0.379 e. The molecule has 0 bridgehead atoms. The Balaban J connectivity index is 2.19. The lowest BCUT2D eigenvalue weighted by Crippen LogP contribution is -2.46. The van der Waals surface area contributed by atoms with E-state index in [-0.39, 0.29) is 5.75 Å². The maximum absolute atomic E-state index is 11.6. The van der Waals surface area contributed by atoms with Crippen molar-refractivity contribution in [2.24, 2.45) is 0 Å². The van der Waals surface area contributed by atoms with Crippen molar-refractivity contribution in [2.75, 3.05) is 45.4 Å². The van der Waals surface area contributed by atoms with Crippen LogP contribution in [0.5, 0.6) is 0 Å². The lowest BCUT2D eigenvalue weighted by molar-refractivity contribution is 0.0311. The Kier molecular flexibility index (Phi) is 10.6. The summed E-state index contributed by atoms with van der Waals surface area (Å²) in [5.41, 5.74) is -0.644. The molecular formula is C15H32O7SSi. The van der Waals surface area contributed by atoms with Gasteiger partial charge in [-0.3, -0.25) is 0 Å². The highest BCUT2D eigenvalue weighted by atomic mass is 32.2. The predicted octanol–water partition coefficient (Wildman–Crippen LogP) is 1.99. The van der Waals surface area contributed by atoms with Crippen LogP contribution in [0.2, 0.25) is 6.04 Å². The molecule has 1 fully saturated rings. The Morgan fingerprint density at radius 3 is 2.08 bits per heavy atom. The third-order valence-corrected chi connectivity index (χ3v) is 8.85. The van der Waals surface area contributed by atoms with Crippen LogP contribution >= 0.6 is 0 Å². The fraction of sp³-hybridized carbons (Fsp3) is 1.00. The van der Waals surface area contributed by atoms with Gasteiger partial charge in [-0.1, -0.05) is 0 Å². The summed E-state index contributed by atoms with van der Waals surface area (Å²) in [5, 5.41) is 0. The first-order valence-electron chi connectivity index (χ1n) is 8.82. The normalized spacial score (nSPS) is 20.5. The van der Waals surface area contributed by atoms with Crippen LogP contribution in [0.25, 0.3) is 0 Å². The summed E-state index contributed by atoms with van der Waals surface area (Å²) in [5.74, 6) is 0.234. The first-order valence-corrected chi connectivity index (χ1v) is 12.5. The third kappa shape index (κ3) is 7.47. The Labute approximate surface area is 147 Å². The molecule has 0 spiro atoms. The standard InChI is InChI=1S/C15H32O7SSi/c1-4-20-24(21-5-2,22-6-3)14-8-10-18-11-12-19-15-9-7-13-23(15,16)17/h15H,4-14H2,1-3H3. The van der Waals surface area contributed by atoms with E-state index >= 15 is 0 Å². The van der Waals surface area contributed by atoms with Gasteiger partial charge in [-0.2, -0.15) is 0 Å². The molecule has 1 aliphatic rings. The van der Waals surface area contributed by atoms with Crippen molar-refractivity contribution >= 4 is 18.6 Å². The highest BCUT2D eigenvalue weighted by Gasteiger charge is 2.39. The fourth-order valence-electron chi connectivity index (χ4n) is 2.68. The summed E-state index contributed by atoms with van der Waals surface area (Å²) in [6.07, 6.45) is 2.05. The second kappa shape index (κ2) is 11.6. The van der Waals surface area contributed by atoms with Crippen molar-refractivity contribution in [3.63, 3.8) is 0 Å². The molecule has 9 heteroatoms.